The van der Waals surface area contributed by atoms with E-state index in [0.717, 1.165) is 36.5 Å². The Hall–Kier alpha value is -2.13. The first kappa shape index (κ1) is 12.9. The Kier molecular flexibility index (Phi) is 3.79. The molecule has 0 aliphatic carbocycles. The molecule has 3 heteroatoms. The third-order valence-electron chi connectivity index (χ3n) is 3.27. The van der Waals surface area contributed by atoms with E-state index in [0.29, 0.717) is 0 Å². The fourth-order valence-corrected chi connectivity index (χ4v) is 2.24. The van der Waals surface area contributed by atoms with Gasteiger partial charge in [-0.15, -0.1) is 0 Å². The van der Waals surface area contributed by atoms with Gasteiger partial charge in [0.15, 0.2) is 11.5 Å². The van der Waals surface area contributed by atoms with Crippen LogP contribution in [0.1, 0.15) is 23.9 Å². The zero-order valence-corrected chi connectivity index (χ0v) is 11.6. The maximum Gasteiger partial charge on any atom is 0.199 e. The van der Waals surface area contributed by atoms with Gasteiger partial charge in [0.2, 0.25) is 0 Å². The molecule has 0 fully saturated rings. The van der Waals surface area contributed by atoms with Crippen LogP contribution in [0.25, 0.3) is 11.1 Å². The van der Waals surface area contributed by atoms with Crippen molar-refractivity contribution in [2.75, 3.05) is 6.54 Å². The monoisotopic (exact) mass is 266 g/mol. The molecule has 0 aliphatic heterocycles. The SMILES string of the molecule is CCNCc1ccc2nc(Cc3ccccc3)oc2c1. The van der Waals surface area contributed by atoms with Gasteiger partial charge >= 0.3 is 0 Å². The lowest BCUT2D eigenvalue weighted by Gasteiger charge is -2.00. The van der Waals surface area contributed by atoms with E-state index in [1.54, 1.807) is 0 Å². The summed E-state index contributed by atoms with van der Waals surface area (Å²) in [5.74, 6) is 0.770. The van der Waals surface area contributed by atoms with Crippen LogP contribution < -0.4 is 5.32 Å². The molecule has 0 spiro atoms. The largest absolute Gasteiger partial charge is 0.440 e. The Bertz CT molecular complexity index is 689. The Morgan fingerprint density at radius 3 is 2.70 bits per heavy atom. The highest BCUT2D eigenvalue weighted by molar-refractivity contribution is 5.73. The van der Waals surface area contributed by atoms with E-state index in [4.69, 9.17) is 4.42 Å². The molecule has 0 saturated carbocycles. The van der Waals surface area contributed by atoms with Crippen LogP contribution in [0, 0.1) is 0 Å². The minimum absolute atomic E-state index is 0.734. The molecule has 0 bridgehead atoms. The van der Waals surface area contributed by atoms with Gasteiger partial charge in [-0.2, -0.15) is 0 Å². The van der Waals surface area contributed by atoms with E-state index >= 15 is 0 Å². The zero-order chi connectivity index (χ0) is 13.8. The first-order valence-electron chi connectivity index (χ1n) is 6.98. The minimum Gasteiger partial charge on any atom is -0.440 e. The second kappa shape index (κ2) is 5.88. The first-order chi connectivity index (χ1) is 9.85. The van der Waals surface area contributed by atoms with Crippen LogP contribution in [0.2, 0.25) is 0 Å². The van der Waals surface area contributed by atoms with Gasteiger partial charge in [-0.3, -0.25) is 0 Å². The van der Waals surface area contributed by atoms with Gasteiger partial charge in [0.25, 0.3) is 0 Å². The smallest absolute Gasteiger partial charge is 0.199 e. The van der Waals surface area contributed by atoms with Crippen molar-refractivity contribution < 1.29 is 4.42 Å². The summed E-state index contributed by atoms with van der Waals surface area (Å²) in [7, 11) is 0. The fourth-order valence-electron chi connectivity index (χ4n) is 2.24. The fraction of sp³-hybridized carbons (Fsp3) is 0.235. The highest BCUT2D eigenvalue weighted by Crippen LogP contribution is 2.19. The number of fused-ring (bicyclic) bond motifs is 1. The Balaban J connectivity index is 1.83. The maximum atomic E-state index is 5.85. The molecule has 0 radical (unpaired) electrons. The maximum absolute atomic E-state index is 5.85. The summed E-state index contributed by atoms with van der Waals surface area (Å²) in [6, 6.07) is 16.5. The Morgan fingerprint density at radius 1 is 1.05 bits per heavy atom. The van der Waals surface area contributed by atoms with Gasteiger partial charge in [-0.25, -0.2) is 4.98 Å². The molecule has 3 nitrogen and oxygen atoms in total. The number of hydrogen-bond acceptors (Lipinski definition) is 3. The number of nitrogens with one attached hydrogen (secondary N) is 1. The second-order valence-electron chi connectivity index (χ2n) is 4.85. The summed E-state index contributed by atoms with van der Waals surface area (Å²) in [4.78, 5) is 4.54. The first-order valence-corrected chi connectivity index (χ1v) is 6.98. The standard InChI is InChI=1S/C17H18N2O/c1-2-18-12-14-8-9-15-16(10-14)20-17(19-15)11-13-6-4-3-5-7-13/h3-10,18H,2,11-12H2,1H3. The lowest BCUT2D eigenvalue weighted by molar-refractivity contribution is 0.543. The molecule has 3 rings (SSSR count). The average Bonchev–Trinajstić information content (AvgIpc) is 2.87. The Morgan fingerprint density at radius 2 is 1.90 bits per heavy atom. The van der Waals surface area contributed by atoms with Crippen LogP contribution in [0.15, 0.2) is 52.9 Å². The van der Waals surface area contributed by atoms with Crippen LogP contribution >= 0.6 is 0 Å². The predicted molar refractivity (Wildman–Crippen MR) is 80.6 cm³/mol. The molecular formula is C17H18N2O. The number of nitrogens with zero attached hydrogens (tertiary/aromatic N) is 1. The Labute approximate surface area is 118 Å². The molecule has 0 saturated heterocycles. The van der Waals surface area contributed by atoms with Crippen molar-refractivity contribution in [1.82, 2.24) is 10.3 Å². The minimum atomic E-state index is 0.734. The van der Waals surface area contributed by atoms with Crippen LogP contribution in [-0.2, 0) is 13.0 Å². The van der Waals surface area contributed by atoms with Gasteiger partial charge in [0.05, 0.1) is 0 Å². The highest BCUT2D eigenvalue weighted by atomic mass is 16.3. The van der Waals surface area contributed by atoms with E-state index in [1.165, 1.54) is 11.1 Å². The van der Waals surface area contributed by atoms with Crippen LogP contribution in [0.5, 0.6) is 0 Å². The van der Waals surface area contributed by atoms with Gasteiger partial charge < -0.3 is 9.73 Å². The molecule has 0 atom stereocenters. The second-order valence-corrected chi connectivity index (χ2v) is 4.85. The summed E-state index contributed by atoms with van der Waals surface area (Å²) in [6.07, 6.45) is 0.734. The summed E-state index contributed by atoms with van der Waals surface area (Å²) in [5, 5.41) is 3.31. The molecule has 2 aromatic carbocycles. The van der Waals surface area contributed by atoms with Crippen LogP contribution in [0.4, 0.5) is 0 Å². The molecule has 1 heterocycles. The van der Waals surface area contributed by atoms with Gasteiger partial charge in [-0.1, -0.05) is 43.3 Å². The number of benzene rings is 2. The third kappa shape index (κ3) is 2.89. The van der Waals surface area contributed by atoms with Crippen molar-refractivity contribution in [2.24, 2.45) is 0 Å². The van der Waals surface area contributed by atoms with Gasteiger partial charge in [0.1, 0.15) is 5.52 Å². The lowest BCUT2D eigenvalue weighted by Crippen LogP contribution is -2.11. The van der Waals surface area contributed by atoms with Crippen molar-refractivity contribution in [3.63, 3.8) is 0 Å². The van der Waals surface area contributed by atoms with Crippen molar-refractivity contribution in [1.29, 1.82) is 0 Å². The van der Waals surface area contributed by atoms with Gasteiger partial charge in [0, 0.05) is 13.0 Å². The van der Waals surface area contributed by atoms with E-state index in [9.17, 15) is 0 Å². The van der Waals surface area contributed by atoms with Crippen molar-refractivity contribution in [2.45, 2.75) is 19.9 Å². The summed E-state index contributed by atoms with van der Waals surface area (Å²) in [5.41, 5.74) is 4.23. The molecule has 1 N–H and O–H groups in total. The summed E-state index contributed by atoms with van der Waals surface area (Å²) in [6.45, 7) is 3.93. The number of rotatable bonds is 5. The molecule has 20 heavy (non-hydrogen) atoms. The van der Waals surface area contributed by atoms with Crippen molar-refractivity contribution >= 4 is 11.1 Å². The normalized spacial score (nSPS) is 11.1. The topological polar surface area (TPSA) is 38.1 Å². The molecule has 1 aromatic heterocycles. The van der Waals surface area contributed by atoms with E-state index in [1.807, 2.05) is 24.3 Å². The predicted octanol–water partition coefficient (Wildman–Crippen LogP) is 3.53. The quantitative estimate of drug-likeness (QED) is 0.767. The zero-order valence-electron chi connectivity index (χ0n) is 11.6. The molecule has 0 unspecified atom stereocenters. The molecule has 102 valence electrons. The molecular weight excluding hydrogens is 248 g/mol. The van der Waals surface area contributed by atoms with Gasteiger partial charge in [-0.05, 0) is 29.8 Å². The molecule has 0 amide bonds. The molecule has 3 aromatic rings. The van der Waals surface area contributed by atoms with Crippen molar-refractivity contribution in [3.8, 4) is 0 Å². The summed E-state index contributed by atoms with van der Waals surface area (Å²) < 4.78 is 5.85. The van der Waals surface area contributed by atoms with Crippen LogP contribution in [-0.4, -0.2) is 11.5 Å². The summed E-state index contributed by atoms with van der Waals surface area (Å²) >= 11 is 0. The number of oxazole rings is 1. The number of aromatic nitrogens is 1. The van der Waals surface area contributed by atoms with E-state index in [-0.39, 0.29) is 0 Å². The number of hydrogen-bond donors (Lipinski definition) is 1. The van der Waals surface area contributed by atoms with Crippen molar-refractivity contribution in [3.05, 3.63) is 65.5 Å². The van der Waals surface area contributed by atoms with Crippen LogP contribution in [0.3, 0.4) is 0 Å². The average molecular weight is 266 g/mol. The third-order valence-corrected chi connectivity index (χ3v) is 3.27. The lowest BCUT2D eigenvalue weighted by atomic mass is 10.1. The molecule has 0 aliphatic rings. The highest BCUT2D eigenvalue weighted by Gasteiger charge is 2.07. The van der Waals surface area contributed by atoms with E-state index < -0.39 is 0 Å². The van der Waals surface area contributed by atoms with E-state index in [2.05, 4.69) is 41.5 Å².